The zero-order valence-corrected chi connectivity index (χ0v) is 7.74. The molecule has 1 fully saturated rings. The minimum Gasteiger partial charge on any atom is -0.446 e. The third-order valence-electron chi connectivity index (χ3n) is 2.26. The molecule has 5 nitrogen and oxygen atoms in total. The Morgan fingerprint density at radius 1 is 1.46 bits per heavy atom. The summed E-state index contributed by atoms with van der Waals surface area (Å²) in [5, 5.41) is 0. The molecule has 1 heterocycles. The first kappa shape index (κ1) is 10.3. The van der Waals surface area contributed by atoms with Gasteiger partial charge in [-0.1, -0.05) is 0 Å². The number of carbonyl (C=O) groups excluding carboxylic acids is 1. The number of likely N-dealkylation sites (tertiary alicyclic amines) is 1. The summed E-state index contributed by atoms with van der Waals surface area (Å²) in [7, 11) is 0. The summed E-state index contributed by atoms with van der Waals surface area (Å²) < 4.78 is 4.90. The van der Waals surface area contributed by atoms with Crippen molar-refractivity contribution in [3.63, 3.8) is 0 Å². The van der Waals surface area contributed by atoms with Crippen molar-refractivity contribution in [2.45, 2.75) is 18.9 Å². The number of rotatable bonds is 3. The van der Waals surface area contributed by atoms with E-state index in [9.17, 15) is 4.79 Å². The highest BCUT2D eigenvalue weighted by Crippen LogP contribution is 2.12. The molecule has 1 amide bonds. The maximum absolute atomic E-state index is 10.4. The van der Waals surface area contributed by atoms with Crippen molar-refractivity contribution >= 4 is 6.09 Å². The number of hydrogen-bond acceptors (Lipinski definition) is 4. The van der Waals surface area contributed by atoms with Crippen LogP contribution in [0.15, 0.2) is 0 Å². The number of primary amides is 1. The Morgan fingerprint density at radius 2 is 2.08 bits per heavy atom. The lowest BCUT2D eigenvalue weighted by atomic mass is 10.1. The minimum absolute atomic E-state index is 0.00604. The molecule has 1 rings (SSSR count). The van der Waals surface area contributed by atoms with Gasteiger partial charge >= 0.3 is 6.09 Å². The van der Waals surface area contributed by atoms with E-state index in [4.69, 9.17) is 16.2 Å². The Morgan fingerprint density at radius 3 is 2.54 bits per heavy atom. The van der Waals surface area contributed by atoms with Gasteiger partial charge in [-0.25, -0.2) is 4.79 Å². The lowest BCUT2D eigenvalue weighted by molar-refractivity contribution is 0.0572. The van der Waals surface area contributed by atoms with Crippen molar-refractivity contribution in [1.29, 1.82) is 0 Å². The van der Waals surface area contributed by atoms with Crippen LogP contribution in [0.2, 0.25) is 0 Å². The quantitative estimate of drug-likeness (QED) is 0.624. The van der Waals surface area contributed by atoms with Crippen LogP contribution in [0, 0.1) is 0 Å². The van der Waals surface area contributed by atoms with E-state index in [0.29, 0.717) is 6.54 Å². The first-order chi connectivity index (χ1) is 6.22. The second-order valence-corrected chi connectivity index (χ2v) is 3.27. The fraction of sp³-hybridized carbons (Fsp3) is 0.875. The Labute approximate surface area is 78.0 Å². The van der Waals surface area contributed by atoms with E-state index >= 15 is 0 Å². The molecule has 1 saturated heterocycles. The summed E-state index contributed by atoms with van der Waals surface area (Å²) in [6.45, 7) is 3.48. The number of carbonyl (C=O) groups is 1. The van der Waals surface area contributed by atoms with Gasteiger partial charge in [0.1, 0.15) is 6.10 Å². The maximum atomic E-state index is 10.4. The second kappa shape index (κ2) is 5.04. The van der Waals surface area contributed by atoms with Gasteiger partial charge in [-0.2, -0.15) is 0 Å². The number of amides is 1. The van der Waals surface area contributed by atoms with E-state index in [1.807, 2.05) is 0 Å². The van der Waals surface area contributed by atoms with Crippen LogP contribution in [-0.4, -0.2) is 43.3 Å². The molecule has 0 aromatic rings. The summed E-state index contributed by atoms with van der Waals surface area (Å²) in [5.41, 5.74) is 10.3. The molecule has 76 valence electrons. The molecule has 0 aromatic carbocycles. The zero-order valence-electron chi connectivity index (χ0n) is 7.74. The first-order valence-corrected chi connectivity index (χ1v) is 4.61. The monoisotopic (exact) mass is 187 g/mol. The predicted molar refractivity (Wildman–Crippen MR) is 49.2 cm³/mol. The van der Waals surface area contributed by atoms with Crippen molar-refractivity contribution in [3.05, 3.63) is 0 Å². The molecule has 1 aliphatic heterocycles. The molecule has 0 bridgehead atoms. The Hall–Kier alpha value is -0.810. The molecule has 0 aliphatic carbocycles. The van der Waals surface area contributed by atoms with Gasteiger partial charge in [0.15, 0.2) is 0 Å². The molecule has 0 atom stereocenters. The third-order valence-corrected chi connectivity index (χ3v) is 2.26. The van der Waals surface area contributed by atoms with E-state index in [0.717, 1.165) is 32.5 Å². The highest BCUT2D eigenvalue weighted by Gasteiger charge is 2.20. The number of nitrogens with two attached hydrogens (primary N) is 2. The number of nitrogens with zero attached hydrogens (tertiary/aromatic N) is 1. The standard InChI is InChI=1S/C8H17N3O2/c9-3-6-11-4-1-7(2-5-11)13-8(10)12/h7H,1-6,9H2,(H2,10,12). The van der Waals surface area contributed by atoms with Crippen LogP contribution in [0.3, 0.4) is 0 Å². The summed E-state index contributed by atoms with van der Waals surface area (Å²) in [6.07, 6.45) is 1.06. The van der Waals surface area contributed by atoms with Crippen LogP contribution in [-0.2, 0) is 4.74 Å². The highest BCUT2D eigenvalue weighted by molar-refractivity contribution is 5.64. The fourth-order valence-corrected chi connectivity index (χ4v) is 1.60. The highest BCUT2D eigenvalue weighted by atomic mass is 16.6. The van der Waals surface area contributed by atoms with Gasteiger partial charge < -0.3 is 21.1 Å². The normalized spacial score (nSPS) is 20.1. The summed E-state index contributed by atoms with van der Waals surface area (Å²) in [6, 6.07) is 0. The first-order valence-electron chi connectivity index (χ1n) is 4.61. The van der Waals surface area contributed by atoms with Gasteiger partial charge in [-0.05, 0) is 12.8 Å². The molecule has 0 unspecified atom stereocenters. The molecule has 0 saturated carbocycles. The van der Waals surface area contributed by atoms with Gasteiger partial charge in [0.25, 0.3) is 0 Å². The average Bonchev–Trinajstić information content (AvgIpc) is 2.08. The smallest absolute Gasteiger partial charge is 0.404 e. The largest absolute Gasteiger partial charge is 0.446 e. The van der Waals surface area contributed by atoms with Gasteiger partial charge in [0, 0.05) is 26.2 Å². The Balaban J connectivity index is 2.18. The van der Waals surface area contributed by atoms with E-state index in [2.05, 4.69) is 4.90 Å². The number of hydrogen-bond donors (Lipinski definition) is 2. The lowest BCUT2D eigenvalue weighted by Crippen LogP contribution is -2.40. The molecule has 0 spiro atoms. The number of ether oxygens (including phenoxy) is 1. The van der Waals surface area contributed by atoms with Crippen molar-refractivity contribution in [3.8, 4) is 0 Å². The molecular weight excluding hydrogens is 170 g/mol. The van der Waals surface area contributed by atoms with Gasteiger partial charge in [-0.15, -0.1) is 0 Å². The second-order valence-electron chi connectivity index (χ2n) is 3.27. The topological polar surface area (TPSA) is 81.6 Å². The molecule has 0 radical (unpaired) electrons. The Kier molecular flexibility index (Phi) is 3.98. The molecule has 5 heteroatoms. The number of piperidine rings is 1. The van der Waals surface area contributed by atoms with Crippen molar-refractivity contribution < 1.29 is 9.53 Å². The van der Waals surface area contributed by atoms with Gasteiger partial charge in [0.05, 0.1) is 0 Å². The minimum atomic E-state index is -0.669. The lowest BCUT2D eigenvalue weighted by Gasteiger charge is -2.30. The van der Waals surface area contributed by atoms with Crippen LogP contribution in [0.25, 0.3) is 0 Å². The van der Waals surface area contributed by atoms with E-state index < -0.39 is 6.09 Å². The molecule has 4 N–H and O–H groups in total. The van der Waals surface area contributed by atoms with Crippen molar-refractivity contribution in [2.24, 2.45) is 11.5 Å². The van der Waals surface area contributed by atoms with Crippen LogP contribution in [0.1, 0.15) is 12.8 Å². The van der Waals surface area contributed by atoms with Gasteiger partial charge in [-0.3, -0.25) is 0 Å². The summed E-state index contributed by atoms with van der Waals surface area (Å²) in [5.74, 6) is 0. The van der Waals surface area contributed by atoms with Gasteiger partial charge in [0.2, 0.25) is 0 Å². The third kappa shape index (κ3) is 3.61. The van der Waals surface area contributed by atoms with E-state index in [-0.39, 0.29) is 6.10 Å². The van der Waals surface area contributed by atoms with Crippen LogP contribution >= 0.6 is 0 Å². The van der Waals surface area contributed by atoms with Crippen molar-refractivity contribution in [1.82, 2.24) is 4.90 Å². The Bertz CT molecular complexity index is 167. The van der Waals surface area contributed by atoms with E-state index in [1.54, 1.807) is 0 Å². The van der Waals surface area contributed by atoms with E-state index in [1.165, 1.54) is 0 Å². The average molecular weight is 187 g/mol. The molecule has 13 heavy (non-hydrogen) atoms. The molecular formula is C8H17N3O2. The summed E-state index contributed by atoms with van der Waals surface area (Å²) >= 11 is 0. The van der Waals surface area contributed by atoms with Crippen LogP contribution in [0.5, 0.6) is 0 Å². The maximum Gasteiger partial charge on any atom is 0.404 e. The van der Waals surface area contributed by atoms with Crippen LogP contribution < -0.4 is 11.5 Å². The summed E-state index contributed by atoms with van der Waals surface area (Å²) in [4.78, 5) is 12.7. The predicted octanol–water partition coefficient (Wildman–Crippen LogP) is -0.495. The van der Waals surface area contributed by atoms with Crippen molar-refractivity contribution in [2.75, 3.05) is 26.2 Å². The SMILES string of the molecule is NCCN1CCC(OC(N)=O)CC1. The zero-order chi connectivity index (χ0) is 9.68. The molecule has 1 aliphatic rings. The van der Waals surface area contributed by atoms with Crippen LogP contribution in [0.4, 0.5) is 4.79 Å². The molecule has 0 aromatic heterocycles. The fourth-order valence-electron chi connectivity index (χ4n) is 1.60.